The zero-order valence-corrected chi connectivity index (χ0v) is 7.51. The Kier molecular flexibility index (Phi) is 1.92. The minimum atomic E-state index is -0.0875. The van der Waals surface area contributed by atoms with Crippen LogP contribution >= 0.6 is 11.5 Å². The maximum Gasteiger partial charge on any atom is 0.126 e. The molecule has 1 saturated carbocycles. The van der Waals surface area contributed by atoms with E-state index in [1.165, 1.54) is 18.0 Å². The van der Waals surface area contributed by atoms with Crippen LogP contribution in [0.25, 0.3) is 0 Å². The van der Waals surface area contributed by atoms with Crippen LogP contribution in [0.15, 0.2) is 5.38 Å². The number of carbonyl (C=O) groups excluding carboxylic acids is 1. The average Bonchev–Trinajstić information content (AvgIpc) is 2.49. The van der Waals surface area contributed by atoms with E-state index in [0.29, 0.717) is 0 Å². The molecule has 1 aromatic rings. The normalized spacial score (nSPS) is 20.0. The first-order valence-electron chi connectivity index (χ1n) is 4.07. The molecule has 0 aromatic carbocycles. The zero-order chi connectivity index (χ0) is 8.44. The van der Waals surface area contributed by atoms with Gasteiger partial charge in [-0.1, -0.05) is 10.9 Å². The third-order valence-corrected chi connectivity index (χ3v) is 3.09. The molecule has 1 fully saturated rings. The number of hydrogen-bond acceptors (Lipinski definition) is 4. The number of hydrogen-bond donors (Lipinski definition) is 0. The van der Waals surface area contributed by atoms with E-state index in [9.17, 15) is 4.79 Å². The minimum Gasteiger partial charge on any atom is -0.303 e. The minimum absolute atomic E-state index is 0.0875. The summed E-state index contributed by atoms with van der Waals surface area (Å²) in [4.78, 5) is 10.8. The second-order valence-electron chi connectivity index (χ2n) is 3.41. The average molecular weight is 182 g/mol. The highest BCUT2D eigenvalue weighted by atomic mass is 32.1. The molecule has 0 bridgehead atoms. The molecular formula is C8H10N2OS. The van der Waals surface area contributed by atoms with Crippen LogP contribution < -0.4 is 0 Å². The molecule has 12 heavy (non-hydrogen) atoms. The Labute approximate surface area is 75.0 Å². The maximum absolute atomic E-state index is 10.8. The van der Waals surface area contributed by atoms with Crippen molar-refractivity contribution in [2.45, 2.75) is 25.7 Å². The van der Waals surface area contributed by atoms with E-state index in [0.717, 1.165) is 31.2 Å². The summed E-state index contributed by atoms with van der Waals surface area (Å²) >= 11 is 1.35. The molecule has 4 heteroatoms. The molecule has 0 saturated heterocycles. The van der Waals surface area contributed by atoms with Crippen LogP contribution in [0.1, 0.15) is 25.0 Å². The van der Waals surface area contributed by atoms with Crippen LogP contribution in [0.3, 0.4) is 0 Å². The van der Waals surface area contributed by atoms with Crippen molar-refractivity contribution in [1.29, 1.82) is 0 Å². The highest BCUT2D eigenvalue weighted by Gasteiger charge is 2.37. The van der Waals surface area contributed by atoms with E-state index in [4.69, 9.17) is 0 Å². The first kappa shape index (κ1) is 7.86. The van der Waals surface area contributed by atoms with Crippen LogP contribution in [0.4, 0.5) is 0 Å². The van der Waals surface area contributed by atoms with Gasteiger partial charge in [0.25, 0.3) is 0 Å². The Hall–Kier alpha value is -0.770. The quantitative estimate of drug-likeness (QED) is 0.664. The largest absolute Gasteiger partial charge is 0.303 e. The molecular weight excluding hydrogens is 172 g/mol. The van der Waals surface area contributed by atoms with Gasteiger partial charge in [0.05, 0.1) is 5.69 Å². The monoisotopic (exact) mass is 182 g/mol. The van der Waals surface area contributed by atoms with Crippen molar-refractivity contribution in [3.05, 3.63) is 11.1 Å². The molecule has 0 unspecified atom stereocenters. The number of nitrogens with zero attached hydrogens (tertiary/aromatic N) is 2. The number of carbonyl (C=O) groups is 1. The molecule has 1 aliphatic rings. The summed E-state index contributed by atoms with van der Waals surface area (Å²) in [5, 5.41) is 5.86. The van der Waals surface area contributed by atoms with Crippen molar-refractivity contribution in [3.8, 4) is 0 Å². The lowest BCUT2D eigenvalue weighted by Crippen LogP contribution is -2.33. The topological polar surface area (TPSA) is 42.9 Å². The SMILES string of the molecule is O=CC1(Cc2csnn2)CCC1. The summed E-state index contributed by atoms with van der Waals surface area (Å²) in [6.07, 6.45) is 5.10. The van der Waals surface area contributed by atoms with Gasteiger partial charge in [0, 0.05) is 17.2 Å². The Balaban J connectivity index is 2.06. The molecule has 1 aromatic heterocycles. The van der Waals surface area contributed by atoms with E-state index in [2.05, 4.69) is 9.59 Å². The highest BCUT2D eigenvalue weighted by molar-refractivity contribution is 7.03. The Morgan fingerprint density at radius 2 is 2.50 bits per heavy atom. The number of aromatic nitrogens is 2. The first-order chi connectivity index (χ1) is 5.85. The number of rotatable bonds is 3. The van der Waals surface area contributed by atoms with Gasteiger partial charge >= 0.3 is 0 Å². The van der Waals surface area contributed by atoms with Crippen molar-refractivity contribution in [2.75, 3.05) is 0 Å². The van der Waals surface area contributed by atoms with Crippen LogP contribution in [0, 0.1) is 5.41 Å². The van der Waals surface area contributed by atoms with Crippen molar-refractivity contribution < 1.29 is 4.79 Å². The third-order valence-electron chi connectivity index (χ3n) is 2.54. The Morgan fingerprint density at radius 1 is 1.67 bits per heavy atom. The van der Waals surface area contributed by atoms with Gasteiger partial charge in [-0.15, -0.1) is 5.10 Å². The maximum atomic E-state index is 10.8. The highest BCUT2D eigenvalue weighted by Crippen LogP contribution is 2.41. The van der Waals surface area contributed by atoms with Gasteiger partial charge in [-0.3, -0.25) is 0 Å². The molecule has 64 valence electrons. The van der Waals surface area contributed by atoms with Gasteiger partial charge < -0.3 is 4.79 Å². The van der Waals surface area contributed by atoms with Crippen molar-refractivity contribution in [1.82, 2.24) is 9.59 Å². The van der Waals surface area contributed by atoms with Gasteiger partial charge in [-0.05, 0) is 24.4 Å². The van der Waals surface area contributed by atoms with Gasteiger partial charge in [0.1, 0.15) is 6.29 Å². The van der Waals surface area contributed by atoms with E-state index in [1.807, 2.05) is 5.38 Å². The van der Waals surface area contributed by atoms with Crippen LogP contribution in [0.5, 0.6) is 0 Å². The second kappa shape index (κ2) is 2.94. The number of aldehydes is 1. The van der Waals surface area contributed by atoms with Gasteiger partial charge in [-0.25, -0.2) is 0 Å². The van der Waals surface area contributed by atoms with E-state index in [-0.39, 0.29) is 5.41 Å². The van der Waals surface area contributed by atoms with Gasteiger partial charge in [0.2, 0.25) is 0 Å². The molecule has 0 atom stereocenters. The lowest BCUT2D eigenvalue weighted by molar-refractivity contribution is -0.120. The predicted octanol–water partition coefficient (Wildman–Crippen LogP) is 1.45. The molecule has 0 amide bonds. The fourth-order valence-electron chi connectivity index (χ4n) is 1.59. The Morgan fingerprint density at radius 3 is 2.92 bits per heavy atom. The second-order valence-corrected chi connectivity index (χ2v) is 4.02. The molecule has 0 aliphatic heterocycles. The van der Waals surface area contributed by atoms with Gasteiger partial charge in [0.15, 0.2) is 0 Å². The summed E-state index contributed by atoms with van der Waals surface area (Å²) in [7, 11) is 0. The summed E-state index contributed by atoms with van der Waals surface area (Å²) in [5.41, 5.74) is 0.877. The van der Waals surface area contributed by atoms with Crippen LogP contribution in [0.2, 0.25) is 0 Å². The van der Waals surface area contributed by atoms with E-state index >= 15 is 0 Å². The summed E-state index contributed by atoms with van der Waals surface area (Å²) < 4.78 is 3.77. The lowest BCUT2D eigenvalue weighted by atomic mass is 9.67. The molecule has 1 aliphatic carbocycles. The predicted molar refractivity (Wildman–Crippen MR) is 46.0 cm³/mol. The standard InChI is InChI=1S/C8H10N2OS/c11-6-8(2-1-3-8)4-7-5-12-10-9-7/h5-6H,1-4H2. The smallest absolute Gasteiger partial charge is 0.126 e. The summed E-state index contributed by atoms with van der Waals surface area (Å²) in [6.45, 7) is 0. The summed E-state index contributed by atoms with van der Waals surface area (Å²) in [6, 6.07) is 0. The first-order valence-corrected chi connectivity index (χ1v) is 4.91. The summed E-state index contributed by atoms with van der Waals surface area (Å²) in [5.74, 6) is 0. The zero-order valence-electron chi connectivity index (χ0n) is 6.69. The lowest BCUT2D eigenvalue weighted by Gasteiger charge is -2.35. The van der Waals surface area contributed by atoms with E-state index in [1.54, 1.807) is 0 Å². The fraction of sp³-hybridized carbons (Fsp3) is 0.625. The third kappa shape index (κ3) is 1.27. The van der Waals surface area contributed by atoms with Crippen molar-refractivity contribution in [2.24, 2.45) is 5.41 Å². The Bertz CT molecular complexity index is 267. The molecule has 0 radical (unpaired) electrons. The van der Waals surface area contributed by atoms with Gasteiger partial charge in [-0.2, -0.15) is 0 Å². The van der Waals surface area contributed by atoms with Crippen LogP contribution in [-0.4, -0.2) is 15.9 Å². The molecule has 1 heterocycles. The molecule has 0 spiro atoms. The van der Waals surface area contributed by atoms with E-state index < -0.39 is 0 Å². The molecule has 0 N–H and O–H groups in total. The fourth-order valence-corrected chi connectivity index (χ4v) is 2.04. The van der Waals surface area contributed by atoms with Crippen LogP contribution in [-0.2, 0) is 11.2 Å². The molecule has 3 nitrogen and oxygen atoms in total. The van der Waals surface area contributed by atoms with Crippen molar-refractivity contribution in [3.63, 3.8) is 0 Å². The van der Waals surface area contributed by atoms with Crippen molar-refractivity contribution >= 4 is 17.8 Å². The molecule has 2 rings (SSSR count).